The smallest absolute Gasteiger partial charge is 0.231 e. The first kappa shape index (κ1) is 14.1. The van der Waals surface area contributed by atoms with Crippen LogP contribution < -0.4 is 11.1 Å². The molecule has 1 aromatic carbocycles. The van der Waals surface area contributed by atoms with Crippen molar-refractivity contribution in [2.75, 3.05) is 11.9 Å². The molecule has 0 spiro atoms. The minimum absolute atomic E-state index is 0.102. The van der Waals surface area contributed by atoms with Crippen molar-refractivity contribution in [3.8, 4) is 5.69 Å². The van der Waals surface area contributed by atoms with Crippen molar-refractivity contribution < 1.29 is 4.79 Å². The van der Waals surface area contributed by atoms with Crippen LogP contribution in [0.15, 0.2) is 24.5 Å². The van der Waals surface area contributed by atoms with E-state index in [-0.39, 0.29) is 5.91 Å². The highest BCUT2D eigenvalue weighted by Gasteiger charge is 2.25. The van der Waals surface area contributed by atoms with Crippen LogP contribution in [0.2, 0.25) is 0 Å². The van der Waals surface area contributed by atoms with Gasteiger partial charge in [0, 0.05) is 12.2 Å². The number of carbonyl (C=O) groups excluding carboxylic acids is 1. The summed E-state index contributed by atoms with van der Waals surface area (Å²) in [4.78, 5) is 12.1. The summed E-state index contributed by atoms with van der Waals surface area (Å²) in [6.45, 7) is 5.84. The largest absolute Gasteiger partial charge is 0.329 e. The fraction of sp³-hybridized carbons (Fsp3) is 0.385. The number of nitrogens with two attached hydrogens (primary N) is 1. The molecule has 0 unspecified atom stereocenters. The first-order valence-electron chi connectivity index (χ1n) is 6.29. The topological polar surface area (TPSA) is 98.7 Å². The lowest BCUT2D eigenvalue weighted by molar-refractivity contribution is -0.123. The Morgan fingerprint density at radius 1 is 1.45 bits per heavy atom. The third-order valence-electron chi connectivity index (χ3n) is 3.18. The average Bonchev–Trinajstić information content (AvgIpc) is 2.92. The molecule has 3 N–H and O–H groups in total. The van der Waals surface area contributed by atoms with E-state index in [4.69, 9.17) is 5.73 Å². The number of amides is 1. The Labute approximate surface area is 117 Å². The molecule has 20 heavy (non-hydrogen) atoms. The van der Waals surface area contributed by atoms with E-state index in [1.807, 2.05) is 39.0 Å². The molecule has 0 aliphatic heterocycles. The molecule has 0 saturated carbocycles. The van der Waals surface area contributed by atoms with E-state index in [1.54, 1.807) is 4.68 Å². The second-order valence-electron chi connectivity index (χ2n) is 5.30. The molecule has 0 bridgehead atoms. The zero-order chi connectivity index (χ0) is 14.8. The molecule has 1 amide bonds. The zero-order valence-corrected chi connectivity index (χ0v) is 11.8. The number of rotatable bonds is 4. The van der Waals surface area contributed by atoms with E-state index in [2.05, 4.69) is 20.8 Å². The van der Waals surface area contributed by atoms with Gasteiger partial charge in [-0.25, -0.2) is 4.68 Å². The summed E-state index contributed by atoms with van der Waals surface area (Å²) < 4.78 is 1.57. The molecule has 0 aliphatic carbocycles. The van der Waals surface area contributed by atoms with Crippen molar-refractivity contribution in [2.24, 2.45) is 11.1 Å². The maximum atomic E-state index is 12.1. The zero-order valence-electron chi connectivity index (χ0n) is 11.8. The molecule has 1 aromatic heterocycles. The van der Waals surface area contributed by atoms with Crippen molar-refractivity contribution in [3.05, 3.63) is 30.1 Å². The monoisotopic (exact) mass is 274 g/mol. The number of hydrogen-bond acceptors (Lipinski definition) is 5. The fourth-order valence-corrected chi connectivity index (χ4v) is 1.65. The highest BCUT2D eigenvalue weighted by molar-refractivity contribution is 5.95. The van der Waals surface area contributed by atoms with Crippen LogP contribution in [-0.2, 0) is 4.79 Å². The number of aryl methyl sites for hydroxylation is 1. The van der Waals surface area contributed by atoms with Crippen LogP contribution >= 0.6 is 0 Å². The van der Waals surface area contributed by atoms with Gasteiger partial charge >= 0.3 is 0 Å². The molecule has 0 aliphatic rings. The summed E-state index contributed by atoms with van der Waals surface area (Å²) in [5.41, 5.74) is 7.55. The van der Waals surface area contributed by atoms with Gasteiger partial charge in [-0.1, -0.05) is 0 Å². The van der Waals surface area contributed by atoms with Gasteiger partial charge in [-0.3, -0.25) is 4.79 Å². The Kier molecular flexibility index (Phi) is 3.80. The predicted octanol–water partition coefficient (Wildman–Crippen LogP) is 0.894. The van der Waals surface area contributed by atoms with Gasteiger partial charge in [0.25, 0.3) is 0 Å². The van der Waals surface area contributed by atoms with Gasteiger partial charge in [0.1, 0.15) is 6.33 Å². The van der Waals surface area contributed by atoms with Crippen LogP contribution in [0.5, 0.6) is 0 Å². The van der Waals surface area contributed by atoms with E-state index in [0.717, 1.165) is 16.9 Å². The van der Waals surface area contributed by atoms with E-state index in [9.17, 15) is 4.79 Å². The lowest BCUT2D eigenvalue weighted by atomic mass is 9.92. The van der Waals surface area contributed by atoms with E-state index < -0.39 is 5.41 Å². The van der Waals surface area contributed by atoms with Crippen molar-refractivity contribution >= 4 is 11.6 Å². The third kappa shape index (κ3) is 2.83. The summed E-state index contributed by atoms with van der Waals surface area (Å²) in [7, 11) is 0. The fourth-order valence-electron chi connectivity index (χ4n) is 1.65. The standard InChI is InChI=1S/C13H18N6O/c1-9-6-10(16-12(20)13(2,3)7-14)4-5-11(9)19-8-15-17-18-19/h4-6,8H,7,14H2,1-3H3,(H,16,20). The summed E-state index contributed by atoms with van der Waals surface area (Å²) >= 11 is 0. The highest BCUT2D eigenvalue weighted by Crippen LogP contribution is 2.21. The van der Waals surface area contributed by atoms with Crippen molar-refractivity contribution in [3.63, 3.8) is 0 Å². The highest BCUT2D eigenvalue weighted by atomic mass is 16.2. The molecule has 2 aromatic rings. The number of nitrogens with zero attached hydrogens (tertiary/aromatic N) is 4. The predicted molar refractivity (Wildman–Crippen MR) is 75.4 cm³/mol. The molecule has 7 nitrogen and oxygen atoms in total. The maximum Gasteiger partial charge on any atom is 0.231 e. The number of carbonyl (C=O) groups is 1. The minimum atomic E-state index is -0.595. The number of hydrogen-bond donors (Lipinski definition) is 2. The number of benzene rings is 1. The molecule has 0 saturated heterocycles. The molecule has 1 heterocycles. The maximum absolute atomic E-state index is 12.1. The molecular formula is C13H18N6O. The first-order chi connectivity index (χ1) is 9.44. The van der Waals surface area contributed by atoms with Gasteiger partial charge in [0.05, 0.1) is 11.1 Å². The Balaban J connectivity index is 2.20. The Morgan fingerprint density at radius 2 is 2.20 bits per heavy atom. The van der Waals surface area contributed by atoms with Gasteiger partial charge in [0.2, 0.25) is 5.91 Å². The van der Waals surface area contributed by atoms with Gasteiger partial charge in [0.15, 0.2) is 0 Å². The normalized spacial score (nSPS) is 11.4. The van der Waals surface area contributed by atoms with Gasteiger partial charge in [-0.05, 0) is 55.0 Å². The van der Waals surface area contributed by atoms with Crippen LogP contribution in [-0.4, -0.2) is 32.7 Å². The number of aromatic nitrogens is 4. The quantitative estimate of drug-likeness (QED) is 0.862. The SMILES string of the molecule is Cc1cc(NC(=O)C(C)(C)CN)ccc1-n1cnnn1. The van der Waals surface area contributed by atoms with Crippen LogP contribution in [0.3, 0.4) is 0 Å². The van der Waals surface area contributed by atoms with E-state index in [0.29, 0.717) is 6.54 Å². The van der Waals surface area contributed by atoms with Crippen LogP contribution in [0, 0.1) is 12.3 Å². The Morgan fingerprint density at radius 3 is 2.75 bits per heavy atom. The van der Waals surface area contributed by atoms with Gasteiger partial charge < -0.3 is 11.1 Å². The van der Waals surface area contributed by atoms with E-state index >= 15 is 0 Å². The third-order valence-corrected chi connectivity index (χ3v) is 3.18. The second kappa shape index (κ2) is 5.38. The minimum Gasteiger partial charge on any atom is -0.329 e. The van der Waals surface area contributed by atoms with Crippen LogP contribution in [0.4, 0.5) is 5.69 Å². The average molecular weight is 274 g/mol. The lowest BCUT2D eigenvalue weighted by Crippen LogP contribution is -2.37. The van der Waals surface area contributed by atoms with Crippen molar-refractivity contribution in [1.29, 1.82) is 0 Å². The number of anilines is 1. The Hall–Kier alpha value is -2.28. The molecule has 0 fully saturated rings. The van der Waals surface area contributed by atoms with E-state index in [1.165, 1.54) is 6.33 Å². The molecule has 106 valence electrons. The summed E-state index contributed by atoms with van der Waals surface area (Å²) in [5, 5.41) is 13.9. The van der Waals surface area contributed by atoms with Gasteiger partial charge in [-0.2, -0.15) is 0 Å². The number of nitrogens with one attached hydrogen (secondary N) is 1. The van der Waals surface area contributed by atoms with Gasteiger partial charge in [-0.15, -0.1) is 5.10 Å². The first-order valence-corrected chi connectivity index (χ1v) is 6.29. The van der Waals surface area contributed by atoms with Crippen molar-refractivity contribution in [1.82, 2.24) is 20.2 Å². The summed E-state index contributed by atoms with van der Waals surface area (Å²) in [5.74, 6) is -0.102. The molecule has 7 heteroatoms. The van der Waals surface area contributed by atoms with Crippen LogP contribution in [0.25, 0.3) is 5.69 Å². The summed E-state index contributed by atoms with van der Waals surface area (Å²) in [6, 6.07) is 5.55. The lowest BCUT2D eigenvalue weighted by Gasteiger charge is -2.21. The number of tetrazole rings is 1. The molecule has 0 atom stereocenters. The van der Waals surface area contributed by atoms with Crippen molar-refractivity contribution in [2.45, 2.75) is 20.8 Å². The molecular weight excluding hydrogens is 256 g/mol. The molecule has 2 rings (SSSR count). The van der Waals surface area contributed by atoms with Crippen LogP contribution in [0.1, 0.15) is 19.4 Å². The summed E-state index contributed by atoms with van der Waals surface area (Å²) in [6.07, 6.45) is 1.53. The molecule has 0 radical (unpaired) electrons. The second-order valence-corrected chi connectivity index (χ2v) is 5.30. The Bertz CT molecular complexity index is 605.